The van der Waals surface area contributed by atoms with Gasteiger partial charge in [0, 0.05) is 12.1 Å². The van der Waals surface area contributed by atoms with Crippen molar-refractivity contribution in [2.75, 3.05) is 20.2 Å². The third-order valence-electron chi connectivity index (χ3n) is 3.19. The second kappa shape index (κ2) is 6.21. The highest BCUT2D eigenvalue weighted by molar-refractivity contribution is 6.46. The number of likely N-dealkylation sites (tertiary alicyclic amines) is 1. The van der Waals surface area contributed by atoms with Crippen molar-refractivity contribution in [3.8, 4) is 5.75 Å². The minimum Gasteiger partial charge on any atom is -0.497 e. The van der Waals surface area contributed by atoms with Gasteiger partial charge in [-0.05, 0) is 23.8 Å². The van der Waals surface area contributed by atoms with Gasteiger partial charge in [-0.3, -0.25) is 14.4 Å². The molecule has 6 heteroatoms. The number of nitrogens with zero attached hydrogens (tertiary/aromatic N) is 1. The standard InChI is InChI=1S/C15H15NO5/c1-21-12-4-2-10(3-5-12)8-11-9-16(7-6-13(17)18)15(20)14(11)19/h2-5,8H,6-7,9H2,1H3,(H,17,18). The highest BCUT2D eigenvalue weighted by Crippen LogP contribution is 2.19. The van der Waals surface area contributed by atoms with E-state index in [4.69, 9.17) is 9.84 Å². The van der Waals surface area contributed by atoms with Crippen LogP contribution in [0.15, 0.2) is 29.8 Å². The van der Waals surface area contributed by atoms with Crippen molar-refractivity contribution in [1.29, 1.82) is 0 Å². The number of ether oxygens (including phenoxy) is 1. The lowest BCUT2D eigenvalue weighted by molar-refractivity contribution is -0.141. The molecular weight excluding hydrogens is 274 g/mol. The van der Waals surface area contributed by atoms with Gasteiger partial charge in [0.15, 0.2) is 0 Å². The van der Waals surface area contributed by atoms with E-state index in [9.17, 15) is 14.4 Å². The van der Waals surface area contributed by atoms with Gasteiger partial charge in [0.2, 0.25) is 5.78 Å². The zero-order valence-corrected chi connectivity index (χ0v) is 11.5. The fourth-order valence-corrected chi connectivity index (χ4v) is 2.05. The van der Waals surface area contributed by atoms with Crippen LogP contribution in [0, 0.1) is 0 Å². The van der Waals surface area contributed by atoms with Crippen LogP contribution < -0.4 is 4.74 Å². The van der Waals surface area contributed by atoms with E-state index in [0.29, 0.717) is 11.3 Å². The van der Waals surface area contributed by atoms with Crippen molar-refractivity contribution in [1.82, 2.24) is 4.90 Å². The third kappa shape index (κ3) is 3.47. The molecule has 1 amide bonds. The van der Waals surface area contributed by atoms with Crippen molar-refractivity contribution in [3.05, 3.63) is 35.4 Å². The molecule has 21 heavy (non-hydrogen) atoms. The van der Waals surface area contributed by atoms with Crippen LogP contribution >= 0.6 is 0 Å². The van der Waals surface area contributed by atoms with Crippen LogP contribution in [0.2, 0.25) is 0 Å². The molecule has 0 atom stereocenters. The highest BCUT2D eigenvalue weighted by Gasteiger charge is 2.33. The Morgan fingerprint density at radius 3 is 2.57 bits per heavy atom. The molecular formula is C15H15NO5. The second-order valence-electron chi connectivity index (χ2n) is 4.64. The molecule has 0 bridgehead atoms. The number of benzene rings is 1. The van der Waals surface area contributed by atoms with Crippen LogP contribution in [0.1, 0.15) is 12.0 Å². The Labute approximate surface area is 121 Å². The number of methoxy groups -OCH3 is 1. The number of hydrogen-bond acceptors (Lipinski definition) is 4. The van der Waals surface area contributed by atoms with Gasteiger partial charge in [-0.15, -0.1) is 0 Å². The largest absolute Gasteiger partial charge is 0.497 e. The van der Waals surface area contributed by atoms with Crippen molar-refractivity contribution in [3.63, 3.8) is 0 Å². The highest BCUT2D eigenvalue weighted by atomic mass is 16.5. The molecule has 0 saturated carbocycles. The smallest absolute Gasteiger partial charge is 0.305 e. The van der Waals surface area contributed by atoms with Gasteiger partial charge in [0.1, 0.15) is 5.75 Å². The number of ketones is 1. The van der Waals surface area contributed by atoms with Crippen molar-refractivity contribution < 1.29 is 24.2 Å². The van der Waals surface area contributed by atoms with E-state index in [1.807, 2.05) is 0 Å². The summed E-state index contributed by atoms with van der Waals surface area (Å²) in [5, 5.41) is 8.63. The summed E-state index contributed by atoms with van der Waals surface area (Å²) in [6.45, 7) is 0.191. The number of rotatable bonds is 5. The molecule has 1 heterocycles. The molecule has 1 fully saturated rings. The summed E-state index contributed by atoms with van der Waals surface area (Å²) in [5.41, 5.74) is 1.16. The Morgan fingerprint density at radius 2 is 2.00 bits per heavy atom. The minimum atomic E-state index is -0.997. The second-order valence-corrected chi connectivity index (χ2v) is 4.64. The number of carboxylic acids is 1. The van der Waals surface area contributed by atoms with Crippen LogP contribution in [-0.4, -0.2) is 47.9 Å². The lowest BCUT2D eigenvalue weighted by atomic mass is 10.1. The minimum absolute atomic E-state index is 0.0415. The van der Waals surface area contributed by atoms with Crippen molar-refractivity contribution >= 4 is 23.7 Å². The summed E-state index contributed by atoms with van der Waals surface area (Å²) >= 11 is 0. The molecule has 6 nitrogen and oxygen atoms in total. The lowest BCUT2D eigenvalue weighted by Crippen LogP contribution is -2.29. The molecule has 110 valence electrons. The summed E-state index contributed by atoms with van der Waals surface area (Å²) in [7, 11) is 1.56. The van der Waals surface area contributed by atoms with Gasteiger partial charge in [0.25, 0.3) is 5.91 Å². The topological polar surface area (TPSA) is 83.9 Å². The summed E-state index contributed by atoms with van der Waals surface area (Å²) in [6.07, 6.45) is 1.47. The van der Waals surface area contributed by atoms with E-state index in [-0.39, 0.29) is 19.5 Å². The van der Waals surface area contributed by atoms with E-state index < -0.39 is 17.7 Å². The van der Waals surface area contributed by atoms with Crippen LogP contribution in [0.25, 0.3) is 6.08 Å². The normalized spacial score (nSPS) is 16.6. The van der Waals surface area contributed by atoms with E-state index in [1.54, 1.807) is 37.5 Å². The van der Waals surface area contributed by atoms with Crippen LogP contribution in [0.4, 0.5) is 0 Å². The first-order valence-corrected chi connectivity index (χ1v) is 6.41. The average molecular weight is 289 g/mol. The third-order valence-corrected chi connectivity index (χ3v) is 3.19. The zero-order chi connectivity index (χ0) is 15.4. The maximum absolute atomic E-state index is 11.9. The number of aliphatic carboxylic acids is 1. The predicted molar refractivity (Wildman–Crippen MR) is 74.8 cm³/mol. The first-order valence-electron chi connectivity index (χ1n) is 6.41. The molecule has 0 spiro atoms. The van der Waals surface area contributed by atoms with Crippen molar-refractivity contribution in [2.45, 2.75) is 6.42 Å². The zero-order valence-electron chi connectivity index (χ0n) is 11.5. The molecule has 0 unspecified atom stereocenters. The molecule has 2 rings (SSSR count). The molecule has 1 aromatic carbocycles. The number of amides is 1. The van der Waals surface area contributed by atoms with Gasteiger partial charge >= 0.3 is 5.97 Å². The van der Waals surface area contributed by atoms with Gasteiger partial charge in [-0.2, -0.15) is 0 Å². The fourth-order valence-electron chi connectivity index (χ4n) is 2.05. The molecule has 0 radical (unpaired) electrons. The quantitative estimate of drug-likeness (QED) is 0.645. The summed E-state index contributed by atoms with van der Waals surface area (Å²) in [4.78, 5) is 35.4. The average Bonchev–Trinajstić information content (AvgIpc) is 2.74. The molecule has 1 N–H and O–H groups in total. The number of Topliss-reactive ketones (excluding diaryl/α,β-unsaturated/α-hetero) is 1. The SMILES string of the molecule is COc1ccc(C=C2CN(CCC(=O)O)C(=O)C2=O)cc1. The summed E-state index contributed by atoms with van der Waals surface area (Å²) in [6, 6.07) is 7.08. The van der Waals surface area contributed by atoms with Gasteiger partial charge in [0.05, 0.1) is 20.1 Å². The van der Waals surface area contributed by atoms with Crippen molar-refractivity contribution in [2.24, 2.45) is 0 Å². The molecule has 1 saturated heterocycles. The maximum Gasteiger partial charge on any atom is 0.305 e. The number of carbonyl (C=O) groups excluding carboxylic acids is 2. The molecule has 1 aliphatic heterocycles. The fraction of sp³-hybridized carbons (Fsp3) is 0.267. The van der Waals surface area contributed by atoms with E-state index >= 15 is 0 Å². The van der Waals surface area contributed by atoms with Crippen LogP contribution in [0.5, 0.6) is 5.75 Å². The van der Waals surface area contributed by atoms with Crippen LogP contribution in [0.3, 0.4) is 0 Å². The van der Waals surface area contributed by atoms with Gasteiger partial charge in [-0.25, -0.2) is 0 Å². The monoisotopic (exact) mass is 289 g/mol. The van der Waals surface area contributed by atoms with E-state index in [1.165, 1.54) is 4.90 Å². The molecule has 1 aromatic rings. The lowest BCUT2D eigenvalue weighted by Gasteiger charge is -2.11. The Kier molecular flexibility index (Phi) is 4.37. The summed E-state index contributed by atoms with van der Waals surface area (Å²) < 4.78 is 5.04. The number of carboxylic acid groups (broad SMARTS) is 1. The predicted octanol–water partition coefficient (Wildman–Crippen LogP) is 0.965. The van der Waals surface area contributed by atoms with Crippen LogP contribution in [-0.2, 0) is 14.4 Å². The van der Waals surface area contributed by atoms with E-state index in [2.05, 4.69) is 0 Å². The Bertz CT molecular complexity index is 603. The summed E-state index contributed by atoms with van der Waals surface area (Å²) in [5.74, 6) is -1.51. The Balaban J connectivity index is 2.12. The number of hydrogen-bond donors (Lipinski definition) is 1. The maximum atomic E-state index is 11.9. The molecule has 1 aliphatic rings. The Morgan fingerprint density at radius 1 is 1.33 bits per heavy atom. The van der Waals surface area contributed by atoms with Gasteiger partial charge in [-0.1, -0.05) is 12.1 Å². The van der Waals surface area contributed by atoms with Gasteiger partial charge < -0.3 is 14.7 Å². The molecule has 0 aromatic heterocycles. The van der Waals surface area contributed by atoms with E-state index in [0.717, 1.165) is 5.56 Å². The number of carbonyl (C=O) groups is 3. The first-order chi connectivity index (χ1) is 10.0. The Hall–Kier alpha value is -2.63. The first kappa shape index (κ1) is 14.8. The molecule has 0 aliphatic carbocycles.